The molecular weight excluding hydrogens is 214 g/mol. The number of likely N-dealkylation sites (N-methyl/N-ethyl adjacent to an activating group) is 1. The lowest BCUT2D eigenvalue weighted by Crippen LogP contribution is -2.46. The Morgan fingerprint density at radius 3 is 2.41 bits per heavy atom. The number of rotatable bonds is 5. The van der Waals surface area contributed by atoms with Crippen LogP contribution < -0.4 is 11.1 Å². The Balaban J connectivity index is 2.39. The minimum absolute atomic E-state index is 0.136. The summed E-state index contributed by atoms with van der Waals surface area (Å²) in [6.07, 6.45) is 4.44. The van der Waals surface area contributed by atoms with Gasteiger partial charge in [-0.15, -0.1) is 0 Å². The lowest BCUT2D eigenvalue weighted by atomic mass is 9.91. The Morgan fingerprint density at radius 2 is 1.94 bits per heavy atom. The van der Waals surface area contributed by atoms with Crippen LogP contribution in [-0.4, -0.2) is 42.0 Å². The third-order valence-electron chi connectivity index (χ3n) is 3.46. The first-order valence-corrected chi connectivity index (χ1v) is 6.82. The van der Waals surface area contributed by atoms with Gasteiger partial charge in [0.1, 0.15) is 0 Å². The van der Waals surface area contributed by atoms with Gasteiger partial charge in [0, 0.05) is 18.1 Å². The van der Waals surface area contributed by atoms with Crippen molar-refractivity contribution in [1.82, 2.24) is 10.2 Å². The van der Waals surface area contributed by atoms with E-state index in [1.54, 1.807) is 0 Å². The van der Waals surface area contributed by atoms with E-state index in [4.69, 9.17) is 5.73 Å². The van der Waals surface area contributed by atoms with Crippen molar-refractivity contribution in [2.24, 2.45) is 5.73 Å². The number of carbonyl (C=O) groups is 1. The van der Waals surface area contributed by atoms with E-state index in [0.717, 1.165) is 32.2 Å². The van der Waals surface area contributed by atoms with Gasteiger partial charge in [0.15, 0.2) is 0 Å². The number of nitrogens with two attached hydrogens (primary N) is 1. The molecule has 1 saturated carbocycles. The van der Waals surface area contributed by atoms with Crippen LogP contribution in [0.15, 0.2) is 0 Å². The summed E-state index contributed by atoms with van der Waals surface area (Å²) in [4.78, 5) is 14.0. The van der Waals surface area contributed by atoms with Crippen LogP contribution in [0.25, 0.3) is 0 Å². The monoisotopic (exact) mass is 241 g/mol. The van der Waals surface area contributed by atoms with Crippen LogP contribution >= 0.6 is 0 Å². The third kappa shape index (κ3) is 5.04. The van der Waals surface area contributed by atoms with Gasteiger partial charge in [-0.3, -0.25) is 9.69 Å². The van der Waals surface area contributed by atoms with E-state index in [1.165, 1.54) is 0 Å². The van der Waals surface area contributed by atoms with E-state index in [0.29, 0.717) is 18.6 Å². The van der Waals surface area contributed by atoms with Gasteiger partial charge < -0.3 is 11.1 Å². The smallest absolute Gasteiger partial charge is 0.234 e. The van der Waals surface area contributed by atoms with Gasteiger partial charge in [0.25, 0.3) is 0 Å². The molecule has 0 unspecified atom stereocenters. The Kier molecular flexibility index (Phi) is 5.92. The third-order valence-corrected chi connectivity index (χ3v) is 3.46. The first-order valence-electron chi connectivity index (χ1n) is 6.82. The van der Waals surface area contributed by atoms with Crippen molar-refractivity contribution in [3.05, 3.63) is 0 Å². The van der Waals surface area contributed by atoms with Gasteiger partial charge in [-0.2, -0.15) is 0 Å². The van der Waals surface area contributed by atoms with Gasteiger partial charge in [-0.1, -0.05) is 6.92 Å². The van der Waals surface area contributed by atoms with E-state index in [2.05, 4.69) is 17.1 Å². The van der Waals surface area contributed by atoms with Crippen LogP contribution in [0.2, 0.25) is 0 Å². The second-order valence-corrected chi connectivity index (χ2v) is 5.35. The van der Waals surface area contributed by atoms with Gasteiger partial charge in [-0.25, -0.2) is 0 Å². The molecule has 1 aliphatic carbocycles. The highest BCUT2D eigenvalue weighted by molar-refractivity contribution is 5.78. The molecule has 3 N–H and O–H groups in total. The first kappa shape index (κ1) is 14.5. The van der Waals surface area contributed by atoms with Crippen molar-refractivity contribution in [2.45, 2.75) is 64.6 Å². The van der Waals surface area contributed by atoms with E-state index in [1.807, 2.05) is 13.8 Å². The molecule has 0 bridgehead atoms. The van der Waals surface area contributed by atoms with E-state index < -0.39 is 0 Å². The summed E-state index contributed by atoms with van der Waals surface area (Å²) in [7, 11) is 0. The van der Waals surface area contributed by atoms with Crippen LogP contribution in [0.3, 0.4) is 0 Å². The number of nitrogens with one attached hydrogen (secondary N) is 1. The lowest BCUT2D eigenvalue weighted by Gasteiger charge is -2.35. The summed E-state index contributed by atoms with van der Waals surface area (Å²) in [5.41, 5.74) is 5.91. The molecule has 0 heterocycles. The minimum atomic E-state index is 0.136. The number of amides is 1. The zero-order valence-corrected chi connectivity index (χ0v) is 11.4. The molecule has 0 aromatic rings. The molecule has 1 amide bonds. The SMILES string of the molecule is CCN(CC(=O)NC(C)C)C1CCC(N)CC1. The highest BCUT2D eigenvalue weighted by Crippen LogP contribution is 2.21. The van der Waals surface area contributed by atoms with Crippen LogP contribution in [0.4, 0.5) is 0 Å². The van der Waals surface area contributed by atoms with Crippen molar-refractivity contribution in [3.63, 3.8) is 0 Å². The summed E-state index contributed by atoms with van der Waals surface area (Å²) in [5.74, 6) is 0.136. The van der Waals surface area contributed by atoms with Crippen LogP contribution in [-0.2, 0) is 4.79 Å². The highest BCUT2D eigenvalue weighted by atomic mass is 16.2. The van der Waals surface area contributed by atoms with E-state index in [9.17, 15) is 4.79 Å². The predicted octanol–water partition coefficient (Wildman–Crippen LogP) is 1.10. The van der Waals surface area contributed by atoms with Crippen molar-refractivity contribution >= 4 is 5.91 Å². The average molecular weight is 241 g/mol. The standard InChI is InChI=1S/C13H27N3O/c1-4-16(9-13(17)15-10(2)3)12-7-5-11(14)6-8-12/h10-12H,4-9,14H2,1-3H3,(H,15,17). The highest BCUT2D eigenvalue weighted by Gasteiger charge is 2.24. The maximum absolute atomic E-state index is 11.8. The van der Waals surface area contributed by atoms with Crippen molar-refractivity contribution < 1.29 is 4.79 Å². The maximum Gasteiger partial charge on any atom is 0.234 e. The van der Waals surface area contributed by atoms with Crippen molar-refractivity contribution in [1.29, 1.82) is 0 Å². The second kappa shape index (κ2) is 6.97. The van der Waals surface area contributed by atoms with Crippen molar-refractivity contribution in [2.75, 3.05) is 13.1 Å². The summed E-state index contributed by atoms with van der Waals surface area (Å²) < 4.78 is 0. The predicted molar refractivity (Wildman–Crippen MR) is 70.8 cm³/mol. The molecule has 0 aliphatic heterocycles. The van der Waals surface area contributed by atoms with Gasteiger partial charge in [0.05, 0.1) is 6.54 Å². The fourth-order valence-corrected chi connectivity index (χ4v) is 2.52. The topological polar surface area (TPSA) is 58.4 Å². The lowest BCUT2D eigenvalue weighted by molar-refractivity contribution is -0.123. The van der Waals surface area contributed by atoms with Gasteiger partial charge in [-0.05, 0) is 46.1 Å². The summed E-state index contributed by atoms with van der Waals surface area (Å²) in [5, 5.41) is 2.95. The number of hydrogen-bond donors (Lipinski definition) is 2. The molecule has 0 saturated heterocycles. The molecule has 4 heteroatoms. The maximum atomic E-state index is 11.8. The Bertz CT molecular complexity index is 235. The summed E-state index contributed by atoms with van der Waals surface area (Å²) >= 11 is 0. The molecule has 1 fully saturated rings. The molecule has 4 nitrogen and oxygen atoms in total. The zero-order chi connectivity index (χ0) is 12.8. The fraction of sp³-hybridized carbons (Fsp3) is 0.923. The summed E-state index contributed by atoms with van der Waals surface area (Å²) in [6, 6.07) is 1.13. The Labute approximate surface area is 105 Å². The largest absolute Gasteiger partial charge is 0.353 e. The molecular formula is C13H27N3O. The quantitative estimate of drug-likeness (QED) is 0.758. The molecule has 1 aliphatic rings. The van der Waals surface area contributed by atoms with Crippen molar-refractivity contribution in [3.8, 4) is 0 Å². The summed E-state index contributed by atoms with van der Waals surface area (Å²) in [6.45, 7) is 7.57. The molecule has 0 atom stereocenters. The molecule has 0 spiro atoms. The van der Waals surface area contributed by atoms with Crippen LogP contribution in [0.5, 0.6) is 0 Å². The average Bonchev–Trinajstić information content (AvgIpc) is 2.26. The second-order valence-electron chi connectivity index (χ2n) is 5.35. The molecule has 100 valence electrons. The fourth-order valence-electron chi connectivity index (χ4n) is 2.52. The molecule has 1 rings (SSSR count). The van der Waals surface area contributed by atoms with Crippen LogP contribution in [0, 0.1) is 0 Å². The minimum Gasteiger partial charge on any atom is -0.353 e. The Morgan fingerprint density at radius 1 is 1.35 bits per heavy atom. The number of carbonyl (C=O) groups excluding carboxylic acids is 1. The number of hydrogen-bond acceptors (Lipinski definition) is 3. The normalized spacial score (nSPS) is 25.3. The number of nitrogens with zero attached hydrogens (tertiary/aromatic N) is 1. The first-order chi connectivity index (χ1) is 8.02. The molecule has 0 radical (unpaired) electrons. The Hall–Kier alpha value is -0.610. The molecule has 0 aromatic carbocycles. The van der Waals surface area contributed by atoms with Gasteiger partial charge >= 0.3 is 0 Å². The zero-order valence-electron chi connectivity index (χ0n) is 11.4. The molecule has 0 aromatic heterocycles. The molecule has 17 heavy (non-hydrogen) atoms. The van der Waals surface area contributed by atoms with Gasteiger partial charge in [0.2, 0.25) is 5.91 Å². The van der Waals surface area contributed by atoms with Crippen LogP contribution in [0.1, 0.15) is 46.5 Å². The van der Waals surface area contributed by atoms with E-state index in [-0.39, 0.29) is 11.9 Å². The van der Waals surface area contributed by atoms with E-state index >= 15 is 0 Å².